The number of hydrogen-bond donors (Lipinski definition) is 0. The smallest absolute Gasteiger partial charge is 0.399 e. The van der Waals surface area contributed by atoms with E-state index >= 15 is 0 Å². The van der Waals surface area contributed by atoms with E-state index in [-0.39, 0.29) is 18.3 Å². The molecule has 0 spiro atoms. The van der Waals surface area contributed by atoms with Gasteiger partial charge in [-0.2, -0.15) is 0 Å². The molecule has 0 bridgehead atoms. The highest BCUT2D eigenvalue weighted by Gasteiger charge is 2.52. The molecule has 2 aliphatic rings. The second kappa shape index (κ2) is 6.97. The Balaban J connectivity index is 1.65. The fraction of sp³-hybridized carbons (Fsp3) is 0.259. The summed E-state index contributed by atoms with van der Waals surface area (Å²) in [6.45, 7) is 8.44. The highest BCUT2D eigenvalue weighted by Crippen LogP contribution is 2.43. The lowest BCUT2D eigenvalue weighted by Crippen LogP contribution is -2.41. The van der Waals surface area contributed by atoms with Crippen molar-refractivity contribution in [2.75, 3.05) is 0 Å². The van der Waals surface area contributed by atoms with Gasteiger partial charge in [-0.25, -0.2) is 0 Å². The molecule has 0 amide bonds. The van der Waals surface area contributed by atoms with Gasteiger partial charge in [0.1, 0.15) is 0 Å². The molecule has 1 aliphatic heterocycles. The maximum Gasteiger partial charge on any atom is 0.495 e. The van der Waals surface area contributed by atoms with E-state index in [1.54, 1.807) is 0 Å². The van der Waals surface area contributed by atoms with Crippen molar-refractivity contribution in [1.29, 1.82) is 0 Å². The third-order valence-electron chi connectivity index (χ3n) is 6.83. The highest BCUT2D eigenvalue weighted by atomic mass is 16.7. The van der Waals surface area contributed by atoms with E-state index in [1.807, 2.05) is 0 Å². The van der Waals surface area contributed by atoms with Gasteiger partial charge in [-0.05, 0) is 73.0 Å². The summed E-state index contributed by atoms with van der Waals surface area (Å²) in [6, 6.07) is 28.0. The minimum absolute atomic E-state index is 0.350. The molecule has 0 radical (unpaired) electrons. The number of rotatable bonds is 3. The number of hydrogen-bond acceptors (Lipinski definition) is 2. The van der Waals surface area contributed by atoms with Crippen LogP contribution in [0.2, 0.25) is 0 Å². The molecule has 150 valence electrons. The lowest BCUT2D eigenvalue weighted by molar-refractivity contribution is 0.00578. The molecule has 3 heteroatoms. The Morgan fingerprint density at radius 2 is 1.23 bits per heavy atom. The summed E-state index contributed by atoms with van der Waals surface area (Å²) in [6.07, 6.45) is 0.879. The van der Waals surface area contributed by atoms with Crippen LogP contribution >= 0.6 is 0 Å². The fourth-order valence-corrected chi connectivity index (χ4v) is 4.48. The Kier molecular flexibility index (Phi) is 4.50. The maximum atomic E-state index is 6.42. The SMILES string of the molecule is CC1(C)OB(c2cccc3c2CC(c2ccccc2)=C3c2ccccc2)OC1(C)C. The topological polar surface area (TPSA) is 18.5 Å². The molecule has 2 nitrogen and oxygen atoms in total. The van der Waals surface area contributed by atoms with Crippen molar-refractivity contribution < 1.29 is 9.31 Å². The zero-order chi connectivity index (χ0) is 20.9. The number of fused-ring (bicyclic) bond motifs is 1. The lowest BCUT2D eigenvalue weighted by Gasteiger charge is -2.32. The molecule has 0 saturated carbocycles. The van der Waals surface area contributed by atoms with Crippen molar-refractivity contribution in [3.05, 3.63) is 101 Å². The molecule has 1 saturated heterocycles. The predicted molar refractivity (Wildman–Crippen MR) is 125 cm³/mol. The van der Waals surface area contributed by atoms with Crippen molar-refractivity contribution in [2.45, 2.75) is 45.3 Å². The average Bonchev–Trinajstić information content (AvgIpc) is 3.23. The minimum Gasteiger partial charge on any atom is -0.399 e. The third-order valence-corrected chi connectivity index (χ3v) is 6.83. The maximum absolute atomic E-state index is 6.42. The van der Waals surface area contributed by atoms with Gasteiger partial charge in [-0.3, -0.25) is 0 Å². The van der Waals surface area contributed by atoms with Crippen LogP contribution in [0.15, 0.2) is 78.9 Å². The van der Waals surface area contributed by atoms with E-state index in [2.05, 4.69) is 107 Å². The molecule has 5 rings (SSSR count). The Labute approximate surface area is 179 Å². The molecule has 0 aromatic heterocycles. The Hall–Kier alpha value is -2.62. The van der Waals surface area contributed by atoms with Gasteiger partial charge in [0.2, 0.25) is 0 Å². The van der Waals surface area contributed by atoms with Gasteiger partial charge in [0.15, 0.2) is 0 Å². The second-order valence-corrected chi connectivity index (χ2v) is 9.22. The summed E-state index contributed by atoms with van der Waals surface area (Å²) in [5.41, 5.74) is 8.24. The van der Waals surface area contributed by atoms with Gasteiger partial charge in [0.05, 0.1) is 11.2 Å². The largest absolute Gasteiger partial charge is 0.495 e. The minimum atomic E-state index is -0.350. The summed E-state index contributed by atoms with van der Waals surface area (Å²) in [7, 11) is -0.350. The van der Waals surface area contributed by atoms with Crippen LogP contribution in [-0.2, 0) is 15.7 Å². The molecular weight excluding hydrogens is 367 g/mol. The first-order chi connectivity index (χ1) is 14.4. The van der Waals surface area contributed by atoms with Gasteiger partial charge >= 0.3 is 7.12 Å². The summed E-state index contributed by atoms with van der Waals surface area (Å²) < 4.78 is 12.8. The number of benzene rings is 3. The average molecular weight is 394 g/mol. The van der Waals surface area contributed by atoms with Crippen molar-refractivity contribution in [3.8, 4) is 0 Å². The molecule has 1 aliphatic carbocycles. The predicted octanol–water partition coefficient (Wildman–Crippen LogP) is 5.50. The van der Waals surface area contributed by atoms with Gasteiger partial charge in [0, 0.05) is 0 Å². The normalized spacial score (nSPS) is 19.3. The van der Waals surface area contributed by atoms with E-state index in [0.717, 1.165) is 11.9 Å². The molecule has 0 atom stereocenters. The van der Waals surface area contributed by atoms with Crippen molar-refractivity contribution in [3.63, 3.8) is 0 Å². The molecule has 0 N–H and O–H groups in total. The van der Waals surface area contributed by atoms with Crippen molar-refractivity contribution in [1.82, 2.24) is 0 Å². The molecule has 1 fully saturated rings. The van der Waals surface area contributed by atoms with Gasteiger partial charge in [-0.1, -0.05) is 78.9 Å². The number of allylic oxidation sites excluding steroid dienone is 1. The van der Waals surface area contributed by atoms with Crippen LogP contribution < -0.4 is 5.46 Å². The zero-order valence-electron chi connectivity index (χ0n) is 18.1. The highest BCUT2D eigenvalue weighted by molar-refractivity contribution is 6.63. The molecule has 30 heavy (non-hydrogen) atoms. The van der Waals surface area contributed by atoms with Crippen LogP contribution in [-0.4, -0.2) is 18.3 Å². The van der Waals surface area contributed by atoms with Crippen LogP contribution in [0, 0.1) is 0 Å². The quantitative estimate of drug-likeness (QED) is 0.546. The molecule has 3 aromatic rings. The van der Waals surface area contributed by atoms with Crippen molar-refractivity contribution in [2.24, 2.45) is 0 Å². The Morgan fingerprint density at radius 1 is 0.667 bits per heavy atom. The summed E-state index contributed by atoms with van der Waals surface area (Å²) >= 11 is 0. The molecular formula is C27H27BO2. The van der Waals surface area contributed by atoms with Crippen LogP contribution in [0.3, 0.4) is 0 Å². The monoisotopic (exact) mass is 394 g/mol. The van der Waals surface area contributed by atoms with E-state index in [1.165, 1.54) is 33.4 Å². The first-order valence-corrected chi connectivity index (χ1v) is 10.7. The molecule has 1 heterocycles. The fourth-order valence-electron chi connectivity index (χ4n) is 4.48. The first kappa shape index (κ1) is 19.4. The van der Waals surface area contributed by atoms with Crippen LogP contribution in [0.5, 0.6) is 0 Å². The molecule has 3 aromatic carbocycles. The van der Waals surface area contributed by atoms with Crippen LogP contribution in [0.25, 0.3) is 11.1 Å². The van der Waals surface area contributed by atoms with E-state index < -0.39 is 0 Å². The van der Waals surface area contributed by atoms with Gasteiger partial charge in [0.25, 0.3) is 0 Å². The Bertz CT molecular complexity index is 1100. The van der Waals surface area contributed by atoms with Crippen LogP contribution in [0.4, 0.5) is 0 Å². The summed E-state index contributed by atoms with van der Waals surface area (Å²) in [5.74, 6) is 0. The van der Waals surface area contributed by atoms with Crippen molar-refractivity contribution >= 4 is 23.7 Å². The Morgan fingerprint density at radius 3 is 1.83 bits per heavy atom. The zero-order valence-corrected chi connectivity index (χ0v) is 18.1. The first-order valence-electron chi connectivity index (χ1n) is 10.7. The van der Waals surface area contributed by atoms with E-state index in [0.29, 0.717) is 0 Å². The van der Waals surface area contributed by atoms with Crippen LogP contribution in [0.1, 0.15) is 49.9 Å². The summed E-state index contributed by atoms with van der Waals surface area (Å²) in [4.78, 5) is 0. The van der Waals surface area contributed by atoms with Gasteiger partial charge < -0.3 is 9.31 Å². The van der Waals surface area contributed by atoms with Gasteiger partial charge in [-0.15, -0.1) is 0 Å². The lowest BCUT2D eigenvalue weighted by atomic mass is 9.74. The third kappa shape index (κ3) is 3.05. The second-order valence-electron chi connectivity index (χ2n) is 9.22. The van der Waals surface area contributed by atoms with E-state index in [4.69, 9.17) is 9.31 Å². The summed E-state index contributed by atoms with van der Waals surface area (Å²) in [5, 5.41) is 0. The van der Waals surface area contributed by atoms with E-state index in [9.17, 15) is 0 Å². The molecule has 0 unspecified atom stereocenters. The standard InChI is InChI=1S/C27H27BO2/c1-26(2)27(3,4)30-28(29-26)24-17-11-16-21-23(24)18-22(19-12-7-5-8-13-19)25(21)20-14-9-6-10-15-20/h5-17H,18H2,1-4H3.